The van der Waals surface area contributed by atoms with E-state index in [4.69, 9.17) is 16.0 Å². The number of pyridine rings is 1. The van der Waals surface area contributed by atoms with Gasteiger partial charge in [0.15, 0.2) is 5.58 Å². The van der Waals surface area contributed by atoms with Gasteiger partial charge < -0.3 is 14.5 Å². The van der Waals surface area contributed by atoms with Crippen LogP contribution in [0, 0.1) is 5.82 Å². The minimum atomic E-state index is -0.535. The zero-order valence-corrected chi connectivity index (χ0v) is 13.0. The van der Waals surface area contributed by atoms with Crippen molar-refractivity contribution in [1.29, 1.82) is 0 Å². The van der Waals surface area contributed by atoms with Gasteiger partial charge in [0.2, 0.25) is 0 Å². The number of rotatable bonds is 2. The van der Waals surface area contributed by atoms with Crippen LogP contribution in [0.1, 0.15) is 5.56 Å². The number of hydrogen-bond acceptors (Lipinski definition) is 3. The lowest BCUT2D eigenvalue weighted by Gasteiger charge is -2.08. The molecule has 0 atom stereocenters. The fraction of sp³-hybridized carbons (Fsp3) is 0.0556. The van der Waals surface area contributed by atoms with Gasteiger partial charge in [0.1, 0.15) is 11.4 Å². The Morgan fingerprint density at radius 3 is 2.75 bits per heavy atom. The summed E-state index contributed by atoms with van der Waals surface area (Å²) in [6, 6.07) is 11.1. The van der Waals surface area contributed by atoms with Gasteiger partial charge >= 0.3 is 0 Å². The van der Waals surface area contributed by atoms with E-state index in [-0.39, 0.29) is 16.7 Å². The molecule has 0 amide bonds. The van der Waals surface area contributed by atoms with E-state index in [0.29, 0.717) is 27.1 Å². The largest absolute Gasteiger partial charge is 0.454 e. The van der Waals surface area contributed by atoms with E-state index in [0.717, 1.165) is 0 Å². The Bertz CT molecular complexity index is 1150. The summed E-state index contributed by atoms with van der Waals surface area (Å²) in [6.07, 6.45) is 0. The normalized spacial score (nSPS) is 11.5. The number of benzene rings is 2. The van der Waals surface area contributed by atoms with Crippen molar-refractivity contribution in [2.75, 3.05) is 0 Å². The highest BCUT2D eigenvalue weighted by Gasteiger charge is 2.21. The Labute approximate surface area is 140 Å². The number of aromatic amines is 1. The van der Waals surface area contributed by atoms with E-state index in [1.54, 1.807) is 36.4 Å². The highest BCUT2D eigenvalue weighted by atomic mass is 35.5. The molecular weight excluding hydrogens is 333 g/mol. The van der Waals surface area contributed by atoms with Crippen LogP contribution in [0.2, 0.25) is 5.02 Å². The third-order valence-corrected chi connectivity index (χ3v) is 4.23. The maximum Gasteiger partial charge on any atom is 0.254 e. The van der Waals surface area contributed by atoms with Crippen LogP contribution in [0.25, 0.3) is 33.2 Å². The fourth-order valence-electron chi connectivity index (χ4n) is 2.91. The van der Waals surface area contributed by atoms with Crippen molar-refractivity contribution in [3.8, 4) is 11.1 Å². The topological polar surface area (TPSA) is 66.2 Å². The lowest BCUT2D eigenvalue weighted by Crippen LogP contribution is -2.14. The first-order valence-electron chi connectivity index (χ1n) is 7.23. The van der Waals surface area contributed by atoms with E-state index in [9.17, 15) is 14.3 Å². The van der Waals surface area contributed by atoms with E-state index in [1.165, 1.54) is 6.07 Å². The SMILES string of the molecule is O=c1[nH]c2c(oc3ccc(Cl)cc32)c(-c2ccccc2F)c1CO. The van der Waals surface area contributed by atoms with E-state index in [2.05, 4.69) is 4.98 Å². The Morgan fingerprint density at radius 2 is 2.00 bits per heavy atom. The highest BCUT2D eigenvalue weighted by molar-refractivity contribution is 6.31. The number of halogens is 2. The summed E-state index contributed by atoms with van der Waals surface area (Å²) >= 11 is 6.02. The van der Waals surface area contributed by atoms with Crippen LogP contribution in [0.3, 0.4) is 0 Å². The standard InChI is InChI=1S/C18H11ClFNO3/c19-9-5-6-14-11(7-9)16-17(24-14)15(12(8-22)18(23)21-16)10-3-1-2-4-13(10)20/h1-7,22H,8H2,(H,21,23). The second-order valence-corrected chi connectivity index (χ2v) is 5.83. The molecule has 0 aliphatic rings. The van der Waals surface area contributed by atoms with Crippen molar-refractivity contribution in [1.82, 2.24) is 4.98 Å². The number of hydrogen-bond donors (Lipinski definition) is 2. The molecule has 4 aromatic rings. The van der Waals surface area contributed by atoms with Crippen LogP contribution in [-0.2, 0) is 6.61 Å². The second kappa shape index (κ2) is 5.47. The predicted molar refractivity (Wildman–Crippen MR) is 90.7 cm³/mol. The van der Waals surface area contributed by atoms with Crippen molar-refractivity contribution >= 4 is 33.7 Å². The molecule has 0 unspecified atom stereocenters. The molecular formula is C18H11ClFNO3. The molecule has 0 radical (unpaired) electrons. The molecule has 2 aromatic carbocycles. The van der Waals surface area contributed by atoms with Crippen molar-refractivity contribution in [2.45, 2.75) is 6.61 Å². The molecule has 6 heteroatoms. The molecule has 0 saturated heterocycles. The van der Waals surface area contributed by atoms with Crippen LogP contribution in [0.4, 0.5) is 4.39 Å². The summed E-state index contributed by atoms with van der Waals surface area (Å²) < 4.78 is 20.2. The first kappa shape index (κ1) is 14.9. The minimum Gasteiger partial charge on any atom is -0.454 e. The van der Waals surface area contributed by atoms with Gasteiger partial charge in [0, 0.05) is 21.5 Å². The quantitative estimate of drug-likeness (QED) is 0.572. The summed E-state index contributed by atoms with van der Waals surface area (Å²) in [6.45, 7) is -0.535. The molecule has 4 nitrogen and oxygen atoms in total. The zero-order chi connectivity index (χ0) is 16.8. The molecule has 0 aliphatic heterocycles. The number of aliphatic hydroxyl groups excluding tert-OH is 1. The van der Waals surface area contributed by atoms with Gasteiger partial charge in [-0.3, -0.25) is 4.79 Å². The van der Waals surface area contributed by atoms with E-state index >= 15 is 0 Å². The monoisotopic (exact) mass is 343 g/mol. The molecule has 2 N–H and O–H groups in total. The Morgan fingerprint density at radius 1 is 1.21 bits per heavy atom. The molecule has 0 fully saturated rings. The van der Waals surface area contributed by atoms with Gasteiger partial charge in [-0.05, 0) is 24.3 Å². The molecule has 2 aromatic heterocycles. The van der Waals surface area contributed by atoms with Crippen LogP contribution in [0.15, 0.2) is 51.7 Å². The summed E-state index contributed by atoms with van der Waals surface area (Å²) in [7, 11) is 0. The number of furan rings is 1. The molecule has 4 rings (SSSR count). The van der Waals surface area contributed by atoms with Gasteiger partial charge in [-0.1, -0.05) is 29.8 Å². The molecule has 0 bridgehead atoms. The smallest absolute Gasteiger partial charge is 0.254 e. The number of aromatic nitrogens is 1. The van der Waals surface area contributed by atoms with Crippen LogP contribution >= 0.6 is 11.6 Å². The first-order valence-corrected chi connectivity index (χ1v) is 7.60. The van der Waals surface area contributed by atoms with E-state index in [1.807, 2.05) is 0 Å². The van der Waals surface area contributed by atoms with Gasteiger partial charge in [-0.25, -0.2) is 4.39 Å². The van der Waals surface area contributed by atoms with E-state index < -0.39 is 18.0 Å². The third kappa shape index (κ3) is 2.13. The van der Waals surface area contributed by atoms with Gasteiger partial charge in [-0.15, -0.1) is 0 Å². The second-order valence-electron chi connectivity index (χ2n) is 5.39. The van der Waals surface area contributed by atoms with Crippen LogP contribution in [0.5, 0.6) is 0 Å². The lowest BCUT2D eigenvalue weighted by molar-refractivity contribution is 0.280. The predicted octanol–water partition coefficient (Wildman–Crippen LogP) is 4.23. The summed E-state index contributed by atoms with van der Waals surface area (Å²) in [5, 5.41) is 10.7. The minimum absolute atomic E-state index is 0.0535. The zero-order valence-electron chi connectivity index (χ0n) is 12.3. The molecule has 24 heavy (non-hydrogen) atoms. The van der Waals surface area contributed by atoms with Crippen molar-refractivity contribution in [3.05, 3.63) is 69.2 Å². The van der Waals surface area contributed by atoms with Crippen molar-refractivity contribution in [2.24, 2.45) is 0 Å². The van der Waals surface area contributed by atoms with Gasteiger partial charge in [0.25, 0.3) is 5.56 Å². The Balaban J connectivity index is 2.24. The first-order chi connectivity index (χ1) is 11.6. The Kier molecular flexibility index (Phi) is 3.40. The molecule has 0 aliphatic carbocycles. The Hall–Kier alpha value is -2.63. The molecule has 0 saturated carbocycles. The van der Waals surface area contributed by atoms with Crippen molar-refractivity contribution in [3.63, 3.8) is 0 Å². The van der Waals surface area contributed by atoms with Gasteiger partial charge in [-0.2, -0.15) is 0 Å². The maximum atomic E-state index is 14.3. The maximum absolute atomic E-state index is 14.3. The number of fused-ring (bicyclic) bond motifs is 3. The number of nitrogens with one attached hydrogen (secondary N) is 1. The lowest BCUT2D eigenvalue weighted by atomic mass is 9.99. The molecule has 120 valence electrons. The number of aliphatic hydroxyl groups is 1. The van der Waals surface area contributed by atoms with Crippen molar-refractivity contribution < 1.29 is 13.9 Å². The van der Waals surface area contributed by atoms with Crippen LogP contribution < -0.4 is 5.56 Å². The summed E-state index contributed by atoms with van der Waals surface area (Å²) in [5.74, 6) is -0.502. The fourth-order valence-corrected chi connectivity index (χ4v) is 3.08. The van der Waals surface area contributed by atoms with Crippen LogP contribution in [-0.4, -0.2) is 10.1 Å². The highest BCUT2D eigenvalue weighted by Crippen LogP contribution is 2.37. The molecule has 0 spiro atoms. The summed E-state index contributed by atoms with van der Waals surface area (Å²) in [5.41, 5.74) is 1.25. The number of H-pyrrole nitrogens is 1. The average Bonchev–Trinajstić information content (AvgIpc) is 2.92. The summed E-state index contributed by atoms with van der Waals surface area (Å²) in [4.78, 5) is 15.1. The third-order valence-electron chi connectivity index (χ3n) is 3.99. The van der Waals surface area contributed by atoms with Gasteiger partial charge in [0.05, 0.1) is 17.7 Å². The average molecular weight is 344 g/mol. The molecule has 2 heterocycles.